The highest BCUT2D eigenvalue weighted by Crippen LogP contribution is 2.34. The fourth-order valence-corrected chi connectivity index (χ4v) is 5.38. The minimum atomic E-state index is -3.47. The topological polar surface area (TPSA) is 37.4 Å². The molecule has 1 aliphatic carbocycles. The molecule has 0 atom stereocenters. The van der Waals surface area contributed by atoms with Crippen LogP contribution in [0.5, 0.6) is 0 Å². The number of rotatable bonds is 2. The largest absolute Gasteiger partial charge is 0.266 e. The number of aryl methyl sites for hydroxylation is 2. The van der Waals surface area contributed by atoms with E-state index >= 15 is 0 Å². The Bertz CT molecular complexity index is 899. The first-order chi connectivity index (χ1) is 11.7. The average Bonchev–Trinajstić information content (AvgIpc) is 2.84. The maximum atomic E-state index is 13.3. The molecule has 0 bridgehead atoms. The number of nitrogens with zero attached hydrogens (tertiary/aromatic N) is 1. The summed E-state index contributed by atoms with van der Waals surface area (Å²) in [5.41, 5.74) is 4.25. The molecule has 0 amide bonds. The lowest BCUT2D eigenvalue weighted by Crippen LogP contribution is -2.33. The van der Waals surface area contributed by atoms with Crippen LogP contribution >= 0.6 is 0 Å². The van der Waals surface area contributed by atoms with Gasteiger partial charge in [0, 0.05) is 6.54 Å². The van der Waals surface area contributed by atoms with Gasteiger partial charge >= 0.3 is 0 Å². The lowest BCUT2D eigenvalue weighted by molar-refractivity contribution is 0.593. The van der Waals surface area contributed by atoms with Crippen molar-refractivity contribution in [1.82, 2.24) is 0 Å². The Morgan fingerprint density at radius 2 is 1.54 bits per heavy atom. The highest BCUT2D eigenvalue weighted by Gasteiger charge is 2.30. The van der Waals surface area contributed by atoms with Gasteiger partial charge in [0.2, 0.25) is 0 Å². The maximum Gasteiger partial charge on any atom is 0.260 e. The zero-order valence-corrected chi connectivity index (χ0v) is 14.4. The molecule has 0 saturated heterocycles. The van der Waals surface area contributed by atoms with E-state index in [1.54, 1.807) is 4.31 Å². The van der Waals surface area contributed by atoms with E-state index in [-0.39, 0.29) is 0 Å². The van der Waals surface area contributed by atoms with E-state index in [4.69, 9.17) is 0 Å². The van der Waals surface area contributed by atoms with Crippen LogP contribution in [0.25, 0.3) is 6.08 Å². The van der Waals surface area contributed by atoms with Crippen LogP contribution in [0.3, 0.4) is 0 Å². The summed E-state index contributed by atoms with van der Waals surface area (Å²) in [4.78, 5) is 0.540. The molecule has 0 N–H and O–H groups in total. The number of benzene rings is 2. The summed E-state index contributed by atoms with van der Waals surface area (Å²) < 4.78 is 28.3. The number of anilines is 1. The van der Waals surface area contributed by atoms with Crippen molar-refractivity contribution in [3.05, 3.63) is 70.1 Å². The number of fused-ring (bicyclic) bond motifs is 2. The molecule has 0 aromatic heterocycles. The predicted octanol–water partition coefficient (Wildman–Crippen LogP) is 4.15. The predicted molar refractivity (Wildman–Crippen MR) is 98.4 cm³/mol. The normalized spacial score (nSPS) is 17.5. The van der Waals surface area contributed by atoms with Gasteiger partial charge < -0.3 is 0 Å². The van der Waals surface area contributed by atoms with Crippen LogP contribution in [0.1, 0.15) is 36.0 Å². The van der Waals surface area contributed by atoms with E-state index in [0.717, 1.165) is 42.5 Å². The molecule has 2 aromatic carbocycles. The number of allylic oxidation sites excluding steroid dienone is 1. The molecular weight excluding hydrogens is 318 g/mol. The molecule has 0 fully saturated rings. The van der Waals surface area contributed by atoms with Gasteiger partial charge in [0.25, 0.3) is 10.0 Å². The molecule has 124 valence electrons. The van der Waals surface area contributed by atoms with Crippen LogP contribution in [0.4, 0.5) is 5.69 Å². The Kier molecular flexibility index (Phi) is 3.93. The zero-order valence-electron chi connectivity index (χ0n) is 13.6. The smallest absolute Gasteiger partial charge is 0.260 e. The Morgan fingerprint density at radius 1 is 0.792 bits per heavy atom. The van der Waals surface area contributed by atoms with E-state index < -0.39 is 10.0 Å². The Labute approximate surface area is 143 Å². The highest BCUT2D eigenvalue weighted by molar-refractivity contribution is 7.96. The van der Waals surface area contributed by atoms with Gasteiger partial charge in [0.1, 0.15) is 0 Å². The summed E-state index contributed by atoms with van der Waals surface area (Å²) in [5.74, 6) is 0. The third-order valence-electron chi connectivity index (χ3n) is 4.95. The second-order valence-electron chi connectivity index (χ2n) is 6.47. The monoisotopic (exact) mass is 339 g/mol. The molecule has 2 aliphatic rings. The molecule has 4 rings (SSSR count). The first-order valence-electron chi connectivity index (χ1n) is 8.55. The molecular formula is C20H21NO2S. The van der Waals surface area contributed by atoms with Crippen LogP contribution in [0.2, 0.25) is 0 Å². The second kappa shape index (κ2) is 6.10. The fourth-order valence-electron chi connectivity index (χ4n) is 3.66. The van der Waals surface area contributed by atoms with Crippen LogP contribution in [0, 0.1) is 0 Å². The van der Waals surface area contributed by atoms with E-state index in [9.17, 15) is 8.42 Å². The summed E-state index contributed by atoms with van der Waals surface area (Å²) in [6.07, 6.45) is 6.11. The van der Waals surface area contributed by atoms with Gasteiger partial charge in [0.05, 0.1) is 10.6 Å². The summed E-state index contributed by atoms with van der Waals surface area (Å²) >= 11 is 0. The van der Waals surface area contributed by atoms with E-state index in [1.165, 1.54) is 5.56 Å². The van der Waals surface area contributed by atoms with Crippen LogP contribution in [0.15, 0.2) is 53.4 Å². The number of para-hydroxylation sites is 1. The van der Waals surface area contributed by atoms with Gasteiger partial charge in [-0.3, -0.25) is 4.31 Å². The van der Waals surface area contributed by atoms with Gasteiger partial charge in [-0.25, -0.2) is 8.42 Å². The lowest BCUT2D eigenvalue weighted by Gasteiger charge is -2.27. The van der Waals surface area contributed by atoms with E-state index in [0.29, 0.717) is 17.9 Å². The minimum Gasteiger partial charge on any atom is -0.266 e. The molecule has 1 aliphatic heterocycles. The molecule has 24 heavy (non-hydrogen) atoms. The molecule has 3 nitrogen and oxygen atoms in total. The molecule has 0 spiro atoms. The van der Waals surface area contributed by atoms with Gasteiger partial charge in [0.15, 0.2) is 0 Å². The van der Waals surface area contributed by atoms with Crippen LogP contribution in [-0.4, -0.2) is 15.0 Å². The van der Waals surface area contributed by atoms with Crippen LogP contribution in [-0.2, 0) is 22.9 Å². The standard InChI is InChI=1S/C20H21NO2S/c22-24(23,19-13-12-16-7-1-2-10-18(16)15-19)21-14-6-5-9-17-8-3-4-11-20(17)21/h1-4,7-8,10-11,15H,5-6,9,12-14H2. The van der Waals surface area contributed by atoms with Gasteiger partial charge in [-0.05, 0) is 60.9 Å². The van der Waals surface area contributed by atoms with Crippen molar-refractivity contribution in [1.29, 1.82) is 0 Å². The molecule has 0 saturated carbocycles. The first kappa shape index (κ1) is 15.5. The summed E-state index contributed by atoms with van der Waals surface area (Å²) in [7, 11) is -3.47. The Morgan fingerprint density at radius 3 is 2.42 bits per heavy atom. The highest BCUT2D eigenvalue weighted by atomic mass is 32.2. The van der Waals surface area contributed by atoms with Gasteiger partial charge in [-0.1, -0.05) is 42.5 Å². The summed E-state index contributed by atoms with van der Waals surface area (Å²) in [5, 5.41) is 0. The van der Waals surface area contributed by atoms with Crippen LogP contribution < -0.4 is 4.31 Å². The summed E-state index contributed by atoms with van der Waals surface area (Å²) in [6.45, 7) is 0.568. The minimum absolute atomic E-state index is 0.540. The zero-order chi connectivity index (χ0) is 16.6. The number of sulfonamides is 1. The quantitative estimate of drug-likeness (QED) is 0.824. The van der Waals surface area contributed by atoms with Crippen molar-refractivity contribution >= 4 is 21.8 Å². The molecule has 2 aromatic rings. The average molecular weight is 339 g/mol. The lowest BCUT2D eigenvalue weighted by atomic mass is 9.98. The molecule has 0 radical (unpaired) electrons. The van der Waals surface area contributed by atoms with Crippen molar-refractivity contribution < 1.29 is 8.42 Å². The maximum absolute atomic E-state index is 13.3. The van der Waals surface area contributed by atoms with Gasteiger partial charge in [-0.2, -0.15) is 0 Å². The van der Waals surface area contributed by atoms with Crippen molar-refractivity contribution in [2.75, 3.05) is 10.8 Å². The summed E-state index contributed by atoms with van der Waals surface area (Å²) in [6, 6.07) is 16.0. The molecule has 0 unspecified atom stereocenters. The third-order valence-corrected chi connectivity index (χ3v) is 6.90. The SMILES string of the molecule is O=S(=O)(C1=Cc2ccccc2CC1)N1CCCCc2ccccc21. The fraction of sp³-hybridized carbons (Fsp3) is 0.300. The number of hydrogen-bond donors (Lipinski definition) is 0. The van der Waals surface area contributed by atoms with E-state index in [2.05, 4.69) is 6.07 Å². The molecule has 4 heteroatoms. The second-order valence-corrected chi connectivity index (χ2v) is 8.39. The Hall–Kier alpha value is -2.07. The van der Waals surface area contributed by atoms with E-state index in [1.807, 2.05) is 48.5 Å². The van der Waals surface area contributed by atoms with Crippen molar-refractivity contribution in [2.45, 2.75) is 32.1 Å². The number of hydrogen-bond acceptors (Lipinski definition) is 2. The van der Waals surface area contributed by atoms with Crippen molar-refractivity contribution in [3.63, 3.8) is 0 Å². The molecule has 1 heterocycles. The third kappa shape index (κ3) is 2.65. The first-order valence-corrected chi connectivity index (χ1v) is 9.99. The Balaban J connectivity index is 1.78. The van der Waals surface area contributed by atoms with Crippen molar-refractivity contribution in [3.8, 4) is 0 Å². The van der Waals surface area contributed by atoms with Gasteiger partial charge in [-0.15, -0.1) is 0 Å². The van der Waals surface area contributed by atoms with Crippen molar-refractivity contribution in [2.24, 2.45) is 0 Å².